The highest BCUT2D eigenvalue weighted by Gasteiger charge is 2.35. The number of esters is 1. The second-order valence-electron chi connectivity index (χ2n) is 10.2. The topological polar surface area (TPSA) is 114 Å². The Balaban J connectivity index is 1.75. The van der Waals surface area contributed by atoms with Gasteiger partial charge < -0.3 is 9.47 Å². The molecular weight excluding hydrogens is 611 g/mol. The van der Waals surface area contributed by atoms with E-state index in [0.717, 1.165) is 17.7 Å². The summed E-state index contributed by atoms with van der Waals surface area (Å²) in [6, 6.07) is 14.5. The molecule has 14 heteroatoms. The van der Waals surface area contributed by atoms with Gasteiger partial charge in [0.1, 0.15) is 17.9 Å². The predicted molar refractivity (Wildman–Crippen MR) is 156 cm³/mol. The number of aryl methyl sites for hydroxylation is 1. The molecule has 0 atom stereocenters. The summed E-state index contributed by atoms with van der Waals surface area (Å²) in [6.07, 6.45) is -3.60. The summed E-state index contributed by atoms with van der Waals surface area (Å²) in [5.41, 5.74) is 1.13. The third kappa shape index (κ3) is 9.72. The number of hydrogen-bond donors (Lipinski definition) is 1. The molecule has 9 nitrogen and oxygen atoms in total. The van der Waals surface area contributed by atoms with Crippen LogP contribution in [0.4, 0.5) is 18.9 Å². The van der Waals surface area contributed by atoms with Crippen LogP contribution in [-0.2, 0) is 30.5 Å². The van der Waals surface area contributed by atoms with Crippen molar-refractivity contribution in [1.82, 2.24) is 5.43 Å². The molecule has 3 aromatic rings. The van der Waals surface area contributed by atoms with Crippen molar-refractivity contribution in [1.29, 1.82) is 0 Å². The zero-order valence-corrected chi connectivity index (χ0v) is 25.2. The second-order valence-corrected chi connectivity index (χ2v) is 12.5. The molecule has 230 valence electrons. The number of nitrogens with one attached hydrogen (secondary N) is 1. The van der Waals surface area contributed by atoms with Crippen molar-refractivity contribution in [3.8, 4) is 5.75 Å². The molecular formula is C29H29ClF3N3O6S. The number of carbonyl (C=O) groups is 2. The van der Waals surface area contributed by atoms with Gasteiger partial charge >= 0.3 is 12.1 Å². The minimum atomic E-state index is -4.87. The van der Waals surface area contributed by atoms with E-state index in [9.17, 15) is 31.2 Å². The van der Waals surface area contributed by atoms with Crippen LogP contribution in [0, 0.1) is 6.92 Å². The van der Waals surface area contributed by atoms with Crippen LogP contribution in [0.3, 0.4) is 0 Å². The van der Waals surface area contributed by atoms with Crippen molar-refractivity contribution in [3.05, 3.63) is 88.4 Å². The van der Waals surface area contributed by atoms with E-state index in [1.165, 1.54) is 30.5 Å². The van der Waals surface area contributed by atoms with Gasteiger partial charge in [-0.25, -0.2) is 18.6 Å². The standard InChI is InChI=1S/C29H29ClF3N3O6S/c1-19-5-12-23(13-6-19)43(39,40)36(21-9-14-25(30)24(15-21)29(31,32)33)17-26(37)35-34-16-20-7-10-22(11-8-20)41-18-27(38)42-28(2,3)4/h5-16H,17-18H2,1-4H3,(H,35,37)/b34-16-. The monoisotopic (exact) mass is 639 g/mol. The van der Waals surface area contributed by atoms with Crippen molar-refractivity contribution in [2.24, 2.45) is 5.10 Å². The van der Waals surface area contributed by atoms with Crippen LogP contribution in [0.5, 0.6) is 5.75 Å². The summed E-state index contributed by atoms with van der Waals surface area (Å²) < 4.78 is 78.6. The van der Waals surface area contributed by atoms with E-state index < -0.39 is 56.5 Å². The van der Waals surface area contributed by atoms with Crippen LogP contribution in [0.2, 0.25) is 5.02 Å². The van der Waals surface area contributed by atoms with Gasteiger partial charge in [-0.2, -0.15) is 18.3 Å². The van der Waals surface area contributed by atoms with E-state index in [4.69, 9.17) is 21.1 Å². The molecule has 0 fully saturated rings. The fourth-order valence-electron chi connectivity index (χ4n) is 3.55. The number of benzene rings is 3. The summed E-state index contributed by atoms with van der Waals surface area (Å²) in [6.45, 7) is 5.77. The molecule has 0 heterocycles. The number of ether oxygens (including phenoxy) is 2. The van der Waals surface area contributed by atoms with Gasteiger partial charge in [0, 0.05) is 0 Å². The van der Waals surface area contributed by atoms with E-state index in [1.807, 2.05) is 0 Å². The van der Waals surface area contributed by atoms with E-state index in [-0.39, 0.29) is 11.5 Å². The molecule has 0 unspecified atom stereocenters. The lowest BCUT2D eigenvalue weighted by atomic mass is 10.2. The Kier molecular flexibility index (Phi) is 10.5. The zero-order chi connectivity index (χ0) is 32.0. The second kappa shape index (κ2) is 13.5. The molecule has 0 bridgehead atoms. The average Bonchev–Trinajstić information content (AvgIpc) is 2.90. The van der Waals surface area contributed by atoms with Gasteiger partial charge in [-0.3, -0.25) is 9.10 Å². The molecule has 0 aliphatic heterocycles. The molecule has 3 aromatic carbocycles. The maximum atomic E-state index is 13.5. The number of hydrazone groups is 1. The zero-order valence-electron chi connectivity index (χ0n) is 23.6. The van der Waals surface area contributed by atoms with E-state index >= 15 is 0 Å². The Morgan fingerprint density at radius 3 is 2.21 bits per heavy atom. The van der Waals surface area contributed by atoms with Crippen LogP contribution < -0.4 is 14.5 Å². The summed E-state index contributed by atoms with van der Waals surface area (Å²) in [4.78, 5) is 24.3. The number of sulfonamides is 1. The van der Waals surface area contributed by atoms with Crippen LogP contribution in [-0.4, -0.2) is 45.3 Å². The third-order valence-corrected chi connectivity index (χ3v) is 7.62. The summed E-state index contributed by atoms with van der Waals surface area (Å²) in [7, 11) is -4.48. The minimum absolute atomic E-state index is 0.230. The van der Waals surface area contributed by atoms with Crippen LogP contribution in [0.1, 0.15) is 37.5 Å². The maximum Gasteiger partial charge on any atom is 0.417 e. The minimum Gasteiger partial charge on any atom is -0.482 e. The molecule has 0 saturated heterocycles. The number of halogens is 4. The fraction of sp³-hybridized carbons (Fsp3) is 0.276. The number of amides is 1. The summed E-state index contributed by atoms with van der Waals surface area (Å²) in [5, 5.41) is 3.18. The number of alkyl halides is 3. The van der Waals surface area contributed by atoms with Crippen LogP contribution in [0.25, 0.3) is 0 Å². The summed E-state index contributed by atoms with van der Waals surface area (Å²) in [5.74, 6) is -1.08. The van der Waals surface area contributed by atoms with E-state index in [1.54, 1.807) is 52.0 Å². The van der Waals surface area contributed by atoms with Gasteiger partial charge in [-0.05, 0) is 87.9 Å². The Morgan fingerprint density at radius 1 is 1.00 bits per heavy atom. The molecule has 0 spiro atoms. The lowest BCUT2D eigenvalue weighted by Crippen LogP contribution is -2.39. The lowest BCUT2D eigenvalue weighted by molar-refractivity contribution is -0.157. The first-order valence-corrected chi connectivity index (χ1v) is 14.5. The number of hydrogen-bond acceptors (Lipinski definition) is 7. The number of nitrogens with zero attached hydrogens (tertiary/aromatic N) is 2. The number of anilines is 1. The van der Waals surface area contributed by atoms with Gasteiger partial charge in [-0.15, -0.1) is 0 Å². The average molecular weight is 640 g/mol. The van der Waals surface area contributed by atoms with Crippen LogP contribution in [0.15, 0.2) is 76.7 Å². The first-order valence-electron chi connectivity index (χ1n) is 12.7. The Labute approximate surface area is 252 Å². The first kappa shape index (κ1) is 33.4. The van der Waals surface area contributed by atoms with Gasteiger partial charge in [-0.1, -0.05) is 29.3 Å². The SMILES string of the molecule is Cc1ccc(S(=O)(=O)N(CC(=O)N/N=C\c2ccc(OCC(=O)OC(C)(C)C)cc2)c2ccc(Cl)c(C(F)(F)F)c2)cc1. The van der Waals surface area contributed by atoms with Crippen molar-refractivity contribution < 1.29 is 40.7 Å². The Morgan fingerprint density at radius 2 is 1.63 bits per heavy atom. The number of rotatable bonds is 10. The van der Waals surface area contributed by atoms with Crippen molar-refractivity contribution >= 4 is 45.4 Å². The molecule has 1 amide bonds. The van der Waals surface area contributed by atoms with Gasteiger partial charge in [0.2, 0.25) is 0 Å². The van der Waals surface area contributed by atoms with Crippen molar-refractivity contribution in [2.75, 3.05) is 17.5 Å². The maximum absolute atomic E-state index is 13.5. The predicted octanol–water partition coefficient (Wildman–Crippen LogP) is 5.73. The quantitative estimate of drug-likeness (QED) is 0.172. The molecule has 1 N–H and O–H groups in total. The molecule has 0 radical (unpaired) electrons. The highest BCUT2D eigenvalue weighted by Crippen LogP contribution is 2.38. The molecule has 43 heavy (non-hydrogen) atoms. The molecule has 0 saturated carbocycles. The molecule has 0 aromatic heterocycles. The lowest BCUT2D eigenvalue weighted by Gasteiger charge is -2.25. The van der Waals surface area contributed by atoms with Gasteiger partial charge in [0.15, 0.2) is 6.61 Å². The fourth-order valence-corrected chi connectivity index (χ4v) is 5.18. The van der Waals surface area contributed by atoms with Crippen LogP contribution >= 0.6 is 11.6 Å². The third-order valence-electron chi connectivity index (χ3n) is 5.50. The normalized spacial score (nSPS) is 12.2. The van der Waals surface area contributed by atoms with Gasteiger partial charge in [0.25, 0.3) is 15.9 Å². The highest BCUT2D eigenvalue weighted by molar-refractivity contribution is 7.92. The van der Waals surface area contributed by atoms with Crippen molar-refractivity contribution in [3.63, 3.8) is 0 Å². The summed E-state index contributed by atoms with van der Waals surface area (Å²) >= 11 is 5.72. The van der Waals surface area contributed by atoms with Crippen molar-refractivity contribution in [2.45, 2.75) is 44.4 Å². The smallest absolute Gasteiger partial charge is 0.417 e. The Bertz CT molecular complexity index is 1590. The molecule has 0 aliphatic carbocycles. The largest absolute Gasteiger partial charge is 0.482 e. The van der Waals surface area contributed by atoms with Gasteiger partial charge in [0.05, 0.1) is 27.4 Å². The van der Waals surface area contributed by atoms with E-state index in [0.29, 0.717) is 21.7 Å². The van der Waals surface area contributed by atoms with E-state index in [2.05, 4.69) is 10.5 Å². The first-order chi connectivity index (χ1) is 20.0. The number of carbonyl (C=O) groups excluding carboxylic acids is 2. The Hall–Kier alpha value is -4.10. The molecule has 0 aliphatic rings. The highest BCUT2D eigenvalue weighted by atomic mass is 35.5. The molecule has 3 rings (SSSR count).